The number of alkyl halides is 3. The van der Waals surface area contributed by atoms with Gasteiger partial charge in [-0.3, -0.25) is 4.79 Å². The second-order valence-electron chi connectivity index (χ2n) is 3.93. The third-order valence-corrected chi connectivity index (χ3v) is 2.70. The summed E-state index contributed by atoms with van der Waals surface area (Å²) in [6.07, 6.45) is -4.07. The number of nitrogens with two attached hydrogens (primary N) is 1. The second kappa shape index (κ2) is 3.94. The van der Waals surface area contributed by atoms with Crippen molar-refractivity contribution < 1.29 is 22.7 Å². The highest BCUT2D eigenvalue weighted by atomic mass is 19.4. The van der Waals surface area contributed by atoms with Crippen molar-refractivity contribution in [3.05, 3.63) is 29.3 Å². The van der Waals surface area contributed by atoms with E-state index >= 15 is 0 Å². The van der Waals surface area contributed by atoms with Crippen molar-refractivity contribution in [3.63, 3.8) is 0 Å². The highest BCUT2D eigenvalue weighted by Crippen LogP contribution is 2.35. The number of hydrogen-bond donors (Lipinski definition) is 1. The van der Waals surface area contributed by atoms with Crippen LogP contribution in [0.5, 0.6) is 5.75 Å². The average Bonchev–Trinajstić information content (AvgIpc) is 2.26. The molecular formula is C11H10F3NO2. The SMILES string of the molecule is NC(=O)C1COc2cc(C(F)(F)F)ccc2C1. The van der Waals surface area contributed by atoms with Crippen LogP contribution in [0.3, 0.4) is 0 Å². The number of benzene rings is 1. The topological polar surface area (TPSA) is 52.3 Å². The van der Waals surface area contributed by atoms with Crippen LogP contribution in [-0.2, 0) is 17.4 Å². The predicted octanol–water partition coefficient (Wildman–Crippen LogP) is 1.74. The molecule has 1 aliphatic heterocycles. The number of rotatable bonds is 1. The van der Waals surface area contributed by atoms with Gasteiger partial charge in [0.05, 0.1) is 11.5 Å². The molecule has 0 saturated carbocycles. The smallest absolute Gasteiger partial charge is 0.416 e. The van der Waals surface area contributed by atoms with E-state index in [1.165, 1.54) is 6.07 Å². The maximum Gasteiger partial charge on any atom is 0.416 e. The zero-order valence-electron chi connectivity index (χ0n) is 8.75. The van der Waals surface area contributed by atoms with Crippen molar-refractivity contribution in [1.82, 2.24) is 0 Å². The summed E-state index contributed by atoms with van der Waals surface area (Å²) in [5, 5.41) is 0. The molecule has 0 radical (unpaired) electrons. The molecule has 92 valence electrons. The summed E-state index contributed by atoms with van der Waals surface area (Å²) in [5.41, 5.74) is 4.95. The number of hydrogen-bond acceptors (Lipinski definition) is 2. The Balaban J connectivity index is 2.29. The predicted molar refractivity (Wildman–Crippen MR) is 53.3 cm³/mol. The van der Waals surface area contributed by atoms with Crippen molar-refractivity contribution in [3.8, 4) is 5.75 Å². The van der Waals surface area contributed by atoms with Gasteiger partial charge < -0.3 is 10.5 Å². The van der Waals surface area contributed by atoms with E-state index < -0.39 is 23.6 Å². The van der Waals surface area contributed by atoms with E-state index in [1.54, 1.807) is 0 Å². The standard InChI is InChI=1S/C11H10F3NO2/c12-11(13,14)8-2-1-6-3-7(10(15)16)5-17-9(6)4-8/h1-2,4,7H,3,5H2,(H2,15,16). The third-order valence-electron chi connectivity index (χ3n) is 2.70. The molecule has 0 spiro atoms. The lowest BCUT2D eigenvalue weighted by Gasteiger charge is -2.23. The van der Waals surface area contributed by atoms with E-state index in [4.69, 9.17) is 10.5 Å². The Labute approximate surface area is 95.4 Å². The average molecular weight is 245 g/mol. The van der Waals surface area contributed by atoms with Crippen molar-refractivity contribution >= 4 is 5.91 Å². The van der Waals surface area contributed by atoms with Gasteiger partial charge in [0.15, 0.2) is 0 Å². The molecule has 6 heteroatoms. The number of primary amides is 1. The summed E-state index contributed by atoms with van der Waals surface area (Å²) in [5.74, 6) is -0.799. The lowest BCUT2D eigenvalue weighted by atomic mass is 9.95. The molecule has 0 saturated heterocycles. The molecular weight excluding hydrogens is 235 g/mol. The normalized spacial score (nSPS) is 19.4. The van der Waals surface area contributed by atoms with E-state index in [9.17, 15) is 18.0 Å². The lowest BCUT2D eigenvalue weighted by molar-refractivity contribution is -0.137. The Morgan fingerprint density at radius 1 is 1.41 bits per heavy atom. The largest absolute Gasteiger partial charge is 0.492 e. The van der Waals surface area contributed by atoms with Crippen LogP contribution in [0.15, 0.2) is 18.2 Å². The molecule has 1 aliphatic rings. The molecule has 0 bridgehead atoms. The van der Waals surface area contributed by atoms with Crippen LogP contribution in [0.25, 0.3) is 0 Å². The van der Waals surface area contributed by atoms with Gasteiger partial charge in [-0.1, -0.05) is 6.07 Å². The molecule has 2 rings (SSSR count). The maximum atomic E-state index is 12.4. The van der Waals surface area contributed by atoms with Gasteiger partial charge in [-0.2, -0.15) is 13.2 Å². The molecule has 17 heavy (non-hydrogen) atoms. The van der Waals surface area contributed by atoms with Crippen LogP contribution < -0.4 is 10.5 Å². The minimum Gasteiger partial charge on any atom is -0.492 e. The molecule has 0 aliphatic carbocycles. The van der Waals surface area contributed by atoms with Crippen LogP contribution >= 0.6 is 0 Å². The summed E-state index contributed by atoms with van der Waals surface area (Å²) in [6, 6.07) is 3.26. The summed E-state index contributed by atoms with van der Waals surface area (Å²) in [6.45, 7) is 0.0314. The molecule has 1 amide bonds. The van der Waals surface area contributed by atoms with Gasteiger partial charge in [0.25, 0.3) is 0 Å². The zero-order valence-corrected chi connectivity index (χ0v) is 8.75. The highest BCUT2D eigenvalue weighted by Gasteiger charge is 2.32. The summed E-state index contributed by atoms with van der Waals surface area (Å²) < 4.78 is 42.4. The van der Waals surface area contributed by atoms with Crippen molar-refractivity contribution in [1.29, 1.82) is 0 Å². The summed E-state index contributed by atoms with van der Waals surface area (Å²) in [4.78, 5) is 11.0. The van der Waals surface area contributed by atoms with E-state index in [0.717, 1.165) is 12.1 Å². The third kappa shape index (κ3) is 2.35. The monoisotopic (exact) mass is 245 g/mol. The van der Waals surface area contributed by atoms with E-state index in [1.807, 2.05) is 0 Å². The molecule has 1 heterocycles. The van der Waals surface area contributed by atoms with Crippen molar-refractivity contribution in [2.45, 2.75) is 12.6 Å². The van der Waals surface area contributed by atoms with Gasteiger partial charge in [-0.15, -0.1) is 0 Å². The molecule has 1 unspecified atom stereocenters. The molecule has 0 fully saturated rings. The Kier molecular flexibility index (Phi) is 2.73. The van der Waals surface area contributed by atoms with Crippen molar-refractivity contribution in [2.24, 2.45) is 11.7 Å². The number of carbonyl (C=O) groups is 1. The van der Waals surface area contributed by atoms with Gasteiger partial charge in [-0.05, 0) is 24.1 Å². The Hall–Kier alpha value is -1.72. The van der Waals surface area contributed by atoms with Crippen LogP contribution in [-0.4, -0.2) is 12.5 Å². The number of carbonyl (C=O) groups excluding carboxylic acids is 1. The van der Waals surface area contributed by atoms with Gasteiger partial charge >= 0.3 is 6.18 Å². The summed E-state index contributed by atoms with van der Waals surface area (Å²) in [7, 11) is 0. The van der Waals surface area contributed by atoms with Crippen LogP contribution in [0.2, 0.25) is 0 Å². The Bertz CT molecular complexity index is 457. The van der Waals surface area contributed by atoms with Crippen LogP contribution in [0.4, 0.5) is 13.2 Å². The second-order valence-corrected chi connectivity index (χ2v) is 3.93. The minimum absolute atomic E-state index is 0.0314. The molecule has 2 N–H and O–H groups in total. The fourth-order valence-corrected chi connectivity index (χ4v) is 1.73. The first kappa shape index (κ1) is 11.8. The lowest BCUT2D eigenvalue weighted by Crippen LogP contribution is -2.33. The Morgan fingerprint density at radius 3 is 2.71 bits per heavy atom. The summed E-state index contributed by atoms with van der Waals surface area (Å²) >= 11 is 0. The quantitative estimate of drug-likeness (QED) is 0.819. The van der Waals surface area contributed by atoms with Crippen LogP contribution in [0, 0.1) is 5.92 Å². The Morgan fingerprint density at radius 2 is 2.12 bits per heavy atom. The number of fused-ring (bicyclic) bond motifs is 1. The zero-order chi connectivity index (χ0) is 12.6. The van der Waals surface area contributed by atoms with E-state index in [-0.39, 0.29) is 12.4 Å². The van der Waals surface area contributed by atoms with Gasteiger partial charge in [0, 0.05) is 0 Å². The van der Waals surface area contributed by atoms with Gasteiger partial charge in [0.2, 0.25) is 5.91 Å². The first-order valence-electron chi connectivity index (χ1n) is 5.00. The molecule has 3 nitrogen and oxygen atoms in total. The van der Waals surface area contributed by atoms with E-state index in [0.29, 0.717) is 12.0 Å². The molecule has 1 aromatic rings. The number of ether oxygens (including phenoxy) is 1. The van der Waals surface area contributed by atoms with Gasteiger partial charge in [-0.25, -0.2) is 0 Å². The first-order valence-corrected chi connectivity index (χ1v) is 5.00. The fourth-order valence-electron chi connectivity index (χ4n) is 1.73. The molecule has 1 aromatic carbocycles. The number of amides is 1. The first-order chi connectivity index (χ1) is 7.88. The van der Waals surface area contributed by atoms with E-state index in [2.05, 4.69) is 0 Å². The van der Waals surface area contributed by atoms with Crippen molar-refractivity contribution in [2.75, 3.05) is 6.61 Å². The molecule has 0 aromatic heterocycles. The maximum absolute atomic E-state index is 12.4. The molecule has 1 atom stereocenters. The highest BCUT2D eigenvalue weighted by molar-refractivity contribution is 5.77. The van der Waals surface area contributed by atoms with Gasteiger partial charge in [0.1, 0.15) is 12.4 Å². The number of halogens is 3. The van der Waals surface area contributed by atoms with Crippen LogP contribution in [0.1, 0.15) is 11.1 Å². The minimum atomic E-state index is -4.39. The fraction of sp³-hybridized carbons (Fsp3) is 0.364.